The molecule has 178 valence electrons. The summed E-state index contributed by atoms with van der Waals surface area (Å²) in [7, 11) is 1.70. The third kappa shape index (κ3) is 3.51. The second-order valence-corrected chi connectivity index (χ2v) is 10.0. The van der Waals surface area contributed by atoms with E-state index in [1.165, 1.54) is 44.2 Å². The van der Waals surface area contributed by atoms with E-state index in [-0.39, 0.29) is 5.41 Å². The van der Waals surface area contributed by atoms with Gasteiger partial charge < -0.3 is 13.9 Å². The molecular weight excluding hydrogens is 440 g/mol. The van der Waals surface area contributed by atoms with Crippen molar-refractivity contribution in [1.82, 2.24) is 9.13 Å². The fourth-order valence-corrected chi connectivity index (χ4v) is 5.38. The number of ether oxygens (including phenoxy) is 1. The molecule has 0 saturated heterocycles. The van der Waals surface area contributed by atoms with Gasteiger partial charge in [-0.2, -0.15) is 0 Å². The Hall–Kier alpha value is -4.24. The van der Waals surface area contributed by atoms with Gasteiger partial charge in [0.15, 0.2) is 0 Å². The SMILES string of the molecule is COc1ccc(-n2cc(C(C)(C)c3cn(-c4ccc(C)cc4)c4ccccc34)c3ccccc32)cc1. The van der Waals surface area contributed by atoms with Gasteiger partial charge >= 0.3 is 0 Å². The summed E-state index contributed by atoms with van der Waals surface area (Å²) in [4.78, 5) is 0. The van der Waals surface area contributed by atoms with E-state index in [2.05, 4.69) is 127 Å². The summed E-state index contributed by atoms with van der Waals surface area (Å²) in [5.41, 5.74) is 8.39. The van der Waals surface area contributed by atoms with Gasteiger partial charge in [0.05, 0.1) is 18.1 Å². The van der Waals surface area contributed by atoms with Gasteiger partial charge in [-0.05, 0) is 66.6 Å². The van der Waals surface area contributed by atoms with Crippen LogP contribution in [-0.4, -0.2) is 16.2 Å². The molecule has 0 amide bonds. The third-order valence-electron chi connectivity index (χ3n) is 7.43. The molecule has 3 nitrogen and oxygen atoms in total. The normalized spacial score (nSPS) is 11.9. The van der Waals surface area contributed by atoms with E-state index in [9.17, 15) is 0 Å². The molecule has 0 atom stereocenters. The Labute approximate surface area is 212 Å². The second-order valence-electron chi connectivity index (χ2n) is 10.0. The summed E-state index contributed by atoms with van der Waals surface area (Å²) in [5, 5.41) is 2.55. The van der Waals surface area contributed by atoms with Crippen LogP contribution in [0.1, 0.15) is 30.5 Å². The third-order valence-corrected chi connectivity index (χ3v) is 7.43. The first-order valence-corrected chi connectivity index (χ1v) is 12.4. The minimum Gasteiger partial charge on any atom is -0.497 e. The van der Waals surface area contributed by atoms with Crippen molar-refractivity contribution < 1.29 is 4.74 Å². The van der Waals surface area contributed by atoms with Gasteiger partial charge in [0.2, 0.25) is 0 Å². The highest BCUT2D eigenvalue weighted by molar-refractivity contribution is 5.91. The fraction of sp³-hybridized carbons (Fsp3) is 0.152. The van der Waals surface area contributed by atoms with E-state index in [1.807, 2.05) is 12.1 Å². The van der Waals surface area contributed by atoms with Crippen molar-refractivity contribution in [2.45, 2.75) is 26.2 Å². The monoisotopic (exact) mass is 470 g/mol. The van der Waals surface area contributed by atoms with E-state index in [1.54, 1.807) is 7.11 Å². The molecule has 0 bridgehead atoms. The predicted octanol–water partition coefficient (Wildman–Crippen LogP) is 8.22. The van der Waals surface area contributed by atoms with Gasteiger partial charge in [-0.3, -0.25) is 0 Å². The summed E-state index contributed by atoms with van der Waals surface area (Å²) in [6.07, 6.45) is 4.64. The molecule has 6 rings (SSSR count). The lowest BCUT2D eigenvalue weighted by Crippen LogP contribution is -2.18. The lowest BCUT2D eigenvalue weighted by atomic mass is 9.78. The first-order valence-electron chi connectivity index (χ1n) is 12.4. The van der Waals surface area contributed by atoms with Crippen molar-refractivity contribution in [3.05, 3.63) is 126 Å². The number of rotatable bonds is 5. The molecule has 0 aliphatic heterocycles. The highest BCUT2D eigenvalue weighted by Gasteiger charge is 2.31. The molecular formula is C33H30N2O. The maximum absolute atomic E-state index is 5.38. The number of hydrogen-bond acceptors (Lipinski definition) is 1. The van der Waals surface area contributed by atoms with Crippen LogP contribution in [0.4, 0.5) is 0 Å². The highest BCUT2D eigenvalue weighted by Crippen LogP contribution is 2.42. The molecule has 0 fully saturated rings. The number of nitrogens with zero attached hydrogens (tertiary/aromatic N) is 2. The summed E-state index contributed by atoms with van der Waals surface area (Å²) in [6.45, 7) is 6.81. The molecule has 0 saturated carbocycles. The first kappa shape index (κ1) is 22.2. The smallest absolute Gasteiger partial charge is 0.119 e. The van der Waals surface area contributed by atoms with Crippen LogP contribution >= 0.6 is 0 Å². The molecule has 0 aliphatic carbocycles. The minimum absolute atomic E-state index is 0.229. The van der Waals surface area contributed by atoms with Crippen molar-refractivity contribution in [2.24, 2.45) is 0 Å². The van der Waals surface area contributed by atoms with Crippen LogP contribution in [0.3, 0.4) is 0 Å². The zero-order valence-electron chi connectivity index (χ0n) is 21.2. The summed E-state index contributed by atoms with van der Waals surface area (Å²) >= 11 is 0. The van der Waals surface area contributed by atoms with Crippen LogP contribution in [-0.2, 0) is 5.41 Å². The average Bonchev–Trinajstić information content (AvgIpc) is 3.50. The van der Waals surface area contributed by atoms with Crippen molar-refractivity contribution in [1.29, 1.82) is 0 Å². The molecule has 0 spiro atoms. The molecule has 4 aromatic carbocycles. The zero-order valence-corrected chi connectivity index (χ0v) is 21.2. The van der Waals surface area contributed by atoms with Gasteiger partial charge in [-0.1, -0.05) is 67.9 Å². The van der Waals surface area contributed by atoms with Gasteiger partial charge in [-0.25, -0.2) is 0 Å². The average molecular weight is 471 g/mol. The molecule has 2 heterocycles. The number of aromatic nitrogens is 2. The lowest BCUT2D eigenvalue weighted by molar-refractivity contribution is 0.415. The topological polar surface area (TPSA) is 19.1 Å². The van der Waals surface area contributed by atoms with Crippen LogP contribution in [0.2, 0.25) is 0 Å². The Bertz CT molecular complexity index is 1680. The Balaban J connectivity index is 1.56. The number of methoxy groups -OCH3 is 1. The Morgan fingerprint density at radius 2 is 1.03 bits per heavy atom. The number of benzene rings is 4. The minimum atomic E-state index is -0.229. The molecule has 0 unspecified atom stereocenters. The van der Waals surface area contributed by atoms with Gasteiger partial charge in [0.25, 0.3) is 0 Å². The standard InChI is InChI=1S/C33H30N2O/c1-23-13-15-24(16-14-23)34-21-29(27-9-5-7-11-31(27)34)33(2,3)30-22-35(32-12-8-6-10-28(30)32)25-17-19-26(36-4)20-18-25/h5-22H,1-4H3. The van der Waals surface area contributed by atoms with Crippen molar-refractivity contribution in [2.75, 3.05) is 7.11 Å². The van der Waals surface area contributed by atoms with Crippen molar-refractivity contribution >= 4 is 21.8 Å². The van der Waals surface area contributed by atoms with E-state index in [4.69, 9.17) is 4.74 Å². The number of fused-ring (bicyclic) bond motifs is 2. The van der Waals surface area contributed by atoms with Crippen molar-refractivity contribution in [3.63, 3.8) is 0 Å². The number of hydrogen-bond donors (Lipinski definition) is 0. The van der Waals surface area contributed by atoms with E-state index in [0.717, 1.165) is 11.4 Å². The quantitative estimate of drug-likeness (QED) is 0.248. The van der Waals surface area contributed by atoms with Crippen LogP contribution < -0.4 is 4.74 Å². The lowest BCUT2D eigenvalue weighted by Gasteiger charge is -2.24. The zero-order chi connectivity index (χ0) is 24.9. The van der Waals surface area contributed by atoms with Gasteiger partial charge in [-0.15, -0.1) is 0 Å². The molecule has 6 aromatic rings. The van der Waals surface area contributed by atoms with Crippen LogP contribution in [0.25, 0.3) is 33.2 Å². The Kier molecular flexibility index (Phi) is 5.22. The highest BCUT2D eigenvalue weighted by atomic mass is 16.5. The maximum Gasteiger partial charge on any atom is 0.119 e. The fourth-order valence-electron chi connectivity index (χ4n) is 5.38. The molecule has 0 N–H and O–H groups in total. The van der Waals surface area contributed by atoms with Crippen molar-refractivity contribution in [3.8, 4) is 17.1 Å². The van der Waals surface area contributed by atoms with E-state index in [0.29, 0.717) is 0 Å². The van der Waals surface area contributed by atoms with Crippen LogP contribution in [0.15, 0.2) is 109 Å². The van der Waals surface area contributed by atoms with Gasteiger partial charge in [0.1, 0.15) is 5.75 Å². The largest absolute Gasteiger partial charge is 0.497 e. The summed E-state index contributed by atoms with van der Waals surface area (Å²) in [6, 6.07) is 34.5. The molecule has 2 aromatic heterocycles. The van der Waals surface area contributed by atoms with E-state index < -0.39 is 0 Å². The summed E-state index contributed by atoms with van der Waals surface area (Å²) in [5.74, 6) is 0.861. The first-order chi connectivity index (χ1) is 17.5. The van der Waals surface area contributed by atoms with Crippen LogP contribution in [0.5, 0.6) is 5.75 Å². The van der Waals surface area contributed by atoms with Crippen LogP contribution in [0, 0.1) is 6.92 Å². The number of para-hydroxylation sites is 2. The molecule has 0 aliphatic rings. The molecule has 0 radical (unpaired) electrons. The second kappa shape index (κ2) is 8.46. The predicted molar refractivity (Wildman–Crippen MR) is 150 cm³/mol. The molecule has 3 heteroatoms. The number of aryl methyl sites for hydroxylation is 1. The maximum atomic E-state index is 5.38. The summed E-state index contributed by atoms with van der Waals surface area (Å²) < 4.78 is 10.0. The Morgan fingerprint density at radius 3 is 1.50 bits per heavy atom. The Morgan fingerprint density at radius 1 is 0.583 bits per heavy atom. The molecule has 36 heavy (non-hydrogen) atoms. The van der Waals surface area contributed by atoms with E-state index >= 15 is 0 Å². The van der Waals surface area contributed by atoms with Gasteiger partial charge in [0, 0.05) is 40.0 Å².